The third-order valence-corrected chi connectivity index (χ3v) is 3.48. The summed E-state index contributed by atoms with van der Waals surface area (Å²) in [6.45, 7) is 6.10. The van der Waals surface area contributed by atoms with Gasteiger partial charge in [-0.25, -0.2) is 0 Å². The number of anilines is 1. The number of carbonyl (C=O) groups is 1. The normalized spacial score (nSPS) is 11.4. The monoisotopic (exact) mass is 329 g/mol. The molecule has 2 rings (SSSR count). The highest BCUT2D eigenvalue weighted by molar-refractivity contribution is 5.58. The molecule has 0 N–H and O–H groups in total. The fraction of sp³-hybridized carbons (Fsp3) is 0.316. The lowest BCUT2D eigenvalue weighted by Gasteiger charge is -2.28. The molecule has 2 aromatic carbocycles. The van der Waals surface area contributed by atoms with Crippen molar-refractivity contribution in [3.63, 3.8) is 0 Å². The number of carbonyl (C=O) groups excluding carboxylic acids is 1. The van der Waals surface area contributed by atoms with Crippen LogP contribution in [0.2, 0.25) is 0 Å². The van der Waals surface area contributed by atoms with Crippen molar-refractivity contribution >= 4 is 12.2 Å². The SMILES string of the molecule is CCOc1ccccc1N(CC)CC(OC=O)Oc1ccccc1. The fourth-order valence-electron chi connectivity index (χ4n) is 2.39. The first-order valence-electron chi connectivity index (χ1n) is 8.06. The van der Waals surface area contributed by atoms with Crippen LogP contribution in [0.15, 0.2) is 54.6 Å². The number of rotatable bonds is 10. The van der Waals surface area contributed by atoms with E-state index in [-0.39, 0.29) is 0 Å². The molecular weight excluding hydrogens is 306 g/mol. The van der Waals surface area contributed by atoms with Gasteiger partial charge in [0.25, 0.3) is 12.8 Å². The Hall–Kier alpha value is -2.69. The first kappa shape index (κ1) is 17.7. The van der Waals surface area contributed by atoms with Gasteiger partial charge in [0.15, 0.2) is 0 Å². The Morgan fingerprint density at radius 1 is 1.04 bits per heavy atom. The molecule has 0 spiro atoms. The van der Waals surface area contributed by atoms with Crippen molar-refractivity contribution in [3.8, 4) is 11.5 Å². The number of benzene rings is 2. The predicted octanol–water partition coefficient (Wildman–Crippen LogP) is 3.49. The van der Waals surface area contributed by atoms with Crippen LogP contribution in [0.4, 0.5) is 5.69 Å². The molecule has 128 valence electrons. The maximum atomic E-state index is 10.8. The van der Waals surface area contributed by atoms with Crippen molar-refractivity contribution in [1.82, 2.24) is 0 Å². The van der Waals surface area contributed by atoms with E-state index in [4.69, 9.17) is 14.2 Å². The van der Waals surface area contributed by atoms with Gasteiger partial charge in [0.1, 0.15) is 11.5 Å². The van der Waals surface area contributed by atoms with Gasteiger partial charge in [-0.3, -0.25) is 4.79 Å². The molecule has 0 saturated heterocycles. The van der Waals surface area contributed by atoms with Gasteiger partial charge in [0.05, 0.1) is 18.8 Å². The summed E-state index contributed by atoms with van der Waals surface area (Å²) in [5.74, 6) is 1.45. The Balaban J connectivity index is 2.15. The number of hydrogen-bond acceptors (Lipinski definition) is 5. The Labute approximate surface area is 142 Å². The van der Waals surface area contributed by atoms with E-state index >= 15 is 0 Å². The minimum atomic E-state index is -0.709. The van der Waals surface area contributed by atoms with E-state index in [1.807, 2.05) is 68.4 Å². The van der Waals surface area contributed by atoms with Gasteiger partial charge in [0, 0.05) is 6.54 Å². The van der Waals surface area contributed by atoms with Gasteiger partial charge < -0.3 is 19.1 Å². The Morgan fingerprint density at radius 3 is 2.42 bits per heavy atom. The van der Waals surface area contributed by atoms with Gasteiger partial charge >= 0.3 is 0 Å². The third kappa shape index (κ3) is 4.91. The molecule has 0 heterocycles. The molecule has 2 aromatic rings. The molecule has 0 aliphatic rings. The molecule has 1 unspecified atom stereocenters. The second-order valence-corrected chi connectivity index (χ2v) is 5.03. The van der Waals surface area contributed by atoms with Crippen molar-refractivity contribution < 1.29 is 19.0 Å². The van der Waals surface area contributed by atoms with Gasteiger partial charge in [-0.15, -0.1) is 0 Å². The van der Waals surface area contributed by atoms with Crippen LogP contribution in [-0.4, -0.2) is 32.5 Å². The van der Waals surface area contributed by atoms with Crippen LogP contribution in [0.1, 0.15) is 13.8 Å². The molecule has 1 atom stereocenters. The first-order valence-corrected chi connectivity index (χ1v) is 8.06. The van der Waals surface area contributed by atoms with E-state index in [9.17, 15) is 4.79 Å². The van der Waals surface area contributed by atoms with Crippen LogP contribution >= 0.6 is 0 Å². The third-order valence-electron chi connectivity index (χ3n) is 3.48. The molecule has 5 nitrogen and oxygen atoms in total. The summed E-state index contributed by atoms with van der Waals surface area (Å²) in [6.07, 6.45) is -0.709. The molecule has 24 heavy (non-hydrogen) atoms. The summed E-state index contributed by atoms with van der Waals surface area (Å²) in [5, 5.41) is 0. The quantitative estimate of drug-likeness (QED) is 0.493. The summed E-state index contributed by atoms with van der Waals surface area (Å²) in [6, 6.07) is 17.1. The summed E-state index contributed by atoms with van der Waals surface area (Å²) >= 11 is 0. The summed E-state index contributed by atoms with van der Waals surface area (Å²) in [5.41, 5.74) is 0.943. The van der Waals surface area contributed by atoms with E-state index in [1.54, 1.807) is 0 Å². The first-order chi connectivity index (χ1) is 11.8. The number of nitrogens with zero attached hydrogens (tertiary/aromatic N) is 1. The van der Waals surface area contributed by atoms with E-state index in [2.05, 4.69) is 4.90 Å². The number of para-hydroxylation sites is 3. The van der Waals surface area contributed by atoms with Crippen molar-refractivity contribution in [1.29, 1.82) is 0 Å². The zero-order valence-corrected chi connectivity index (χ0v) is 14.1. The average molecular weight is 329 g/mol. The summed E-state index contributed by atoms with van der Waals surface area (Å²) < 4.78 is 16.6. The lowest BCUT2D eigenvalue weighted by molar-refractivity contribution is -0.146. The number of ether oxygens (including phenoxy) is 3. The second-order valence-electron chi connectivity index (χ2n) is 5.03. The largest absolute Gasteiger partial charge is 0.492 e. The average Bonchev–Trinajstić information content (AvgIpc) is 2.61. The molecule has 0 saturated carbocycles. The van der Waals surface area contributed by atoms with E-state index in [0.29, 0.717) is 25.4 Å². The molecule has 5 heteroatoms. The van der Waals surface area contributed by atoms with Crippen molar-refractivity contribution in [2.75, 3.05) is 24.6 Å². The molecule has 0 bridgehead atoms. The molecule has 0 aliphatic carbocycles. The van der Waals surface area contributed by atoms with Gasteiger partial charge in [-0.2, -0.15) is 0 Å². The molecule has 0 aliphatic heterocycles. The summed E-state index contributed by atoms with van der Waals surface area (Å²) in [4.78, 5) is 12.9. The zero-order valence-electron chi connectivity index (χ0n) is 14.1. The van der Waals surface area contributed by atoms with Crippen LogP contribution in [0, 0.1) is 0 Å². The molecule has 0 aromatic heterocycles. The smallest absolute Gasteiger partial charge is 0.296 e. The predicted molar refractivity (Wildman–Crippen MR) is 93.5 cm³/mol. The minimum absolute atomic E-state index is 0.397. The van der Waals surface area contributed by atoms with E-state index < -0.39 is 6.29 Å². The molecule has 0 amide bonds. The highest BCUT2D eigenvalue weighted by Gasteiger charge is 2.19. The molecule has 0 radical (unpaired) electrons. The number of likely N-dealkylation sites (N-methyl/N-ethyl adjacent to an activating group) is 1. The topological polar surface area (TPSA) is 48.0 Å². The maximum Gasteiger partial charge on any atom is 0.296 e. The van der Waals surface area contributed by atoms with Crippen LogP contribution in [0.3, 0.4) is 0 Å². The summed E-state index contributed by atoms with van der Waals surface area (Å²) in [7, 11) is 0. The van der Waals surface area contributed by atoms with Crippen molar-refractivity contribution in [3.05, 3.63) is 54.6 Å². The lowest BCUT2D eigenvalue weighted by Crippen LogP contribution is -2.37. The minimum Gasteiger partial charge on any atom is -0.492 e. The maximum absolute atomic E-state index is 10.8. The van der Waals surface area contributed by atoms with Crippen LogP contribution in [0.5, 0.6) is 11.5 Å². The molecule has 0 fully saturated rings. The van der Waals surface area contributed by atoms with Gasteiger partial charge in [0.2, 0.25) is 0 Å². The van der Waals surface area contributed by atoms with Crippen LogP contribution < -0.4 is 14.4 Å². The lowest BCUT2D eigenvalue weighted by atomic mass is 10.2. The van der Waals surface area contributed by atoms with Gasteiger partial charge in [-0.05, 0) is 38.1 Å². The Kier molecular flexibility index (Phi) is 6.95. The number of hydrogen-bond donors (Lipinski definition) is 0. The van der Waals surface area contributed by atoms with Crippen molar-refractivity contribution in [2.45, 2.75) is 20.1 Å². The van der Waals surface area contributed by atoms with Gasteiger partial charge in [-0.1, -0.05) is 30.3 Å². The Morgan fingerprint density at radius 2 is 1.75 bits per heavy atom. The standard InChI is InChI=1S/C19H23NO4/c1-3-20(17-12-8-9-13-18(17)22-4-2)14-19(23-15-21)24-16-10-6-5-7-11-16/h5-13,15,19H,3-4,14H2,1-2H3. The van der Waals surface area contributed by atoms with Crippen LogP contribution in [0.25, 0.3) is 0 Å². The van der Waals surface area contributed by atoms with Crippen LogP contribution in [-0.2, 0) is 9.53 Å². The van der Waals surface area contributed by atoms with E-state index in [0.717, 1.165) is 18.0 Å². The second kappa shape index (κ2) is 9.45. The highest BCUT2D eigenvalue weighted by Crippen LogP contribution is 2.28. The Bertz CT molecular complexity index is 618. The fourth-order valence-corrected chi connectivity index (χ4v) is 2.39. The highest BCUT2D eigenvalue weighted by atomic mass is 16.7. The van der Waals surface area contributed by atoms with E-state index in [1.165, 1.54) is 0 Å². The zero-order chi connectivity index (χ0) is 17.2. The van der Waals surface area contributed by atoms with Crippen molar-refractivity contribution in [2.24, 2.45) is 0 Å². The molecular formula is C19H23NO4.